The third kappa shape index (κ3) is 6.27. The maximum absolute atomic E-state index is 5.79. The molecule has 0 unspecified atom stereocenters. The van der Waals surface area contributed by atoms with Gasteiger partial charge in [0, 0.05) is 58.3 Å². The lowest BCUT2D eigenvalue weighted by Gasteiger charge is -2.36. The van der Waals surface area contributed by atoms with Crippen LogP contribution in [0, 0.1) is 6.92 Å². The Labute approximate surface area is 167 Å². The molecule has 152 valence electrons. The Morgan fingerprint density at radius 1 is 1.18 bits per heavy atom. The number of hydrogen-bond donors (Lipinski definition) is 1. The molecule has 3 rings (SSSR count). The van der Waals surface area contributed by atoms with E-state index < -0.39 is 0 Å². The minimum Gasteiger partial charge on any atom is -0.494 e. The van der Waals surface area contributed by atoms with Crippen molar-refractivity contribution in [2.24, 2.45) is 4.99 Å². The molecule has 0 saturated carbocycles. The van der Waals surface area contributed by atoms with Crippen LogP contribution in [0.4, 0.5) is 0 Å². The predicted octanol–water partition coefficient (Wildman–Crippen LogP) is 2.54. The van der Waals surface area contributed by atoms with Gasteiger partial charge in [-0.3, -0.25) is 9.89 Å². The molecule has 0 amide bonds. The number of aliphatic imine (C=N–C) groups is 1. The average molecular weight is 386 g/mol. The van der Waals surface area contributed by atoms with Crippen LogP contribution >= 0.6 is 0 Å². The molecule has 1 aliphatic heterocycles. The average Bonchev–Trinajstić information content (AvgIpc) is 3.22. The Kier molecular flexibility index (Phi) is 7.72. The summed E-state index contributed by atoms with van der Waals surface area (Å²) in [5.74, 6) is 1.92. The van der Waals surface area contributed by atoms with Crippen molar-refractivity contribution in [3.05, 3.63) is 47.9 Å². The Morgan fingerprint density at radius 2 is 1.96 bits per heavy atom. The van der Waals surface area contributed by atoms with Crippen LogP contribution in [0.25, 0.3) is 0 Å². The first-order valence-electron chi connectivity index (χ1n) is 10.1. The highest BCUT2D eigenvalue weighted by Crippen LogP contribution is 2.11. The highest BCUT2D eigenvalue weighted by molar-refractivity contribution is 5.80. The van der Waals surface area contributed by atoms with Gasteiger partial charge in [-0.1, -0.05) is 22.9 Å². The normalized spacial score (nSPS) is 15.6. The summed E-state index contributed by atoms with van der Waals surface area (Å²) in [6, 6.07) is 10.1. The molecule has 0 atom stereocenters. The fraction of sp³-hybridized carbons (Fsp3) is 0.524. The van der Waals surface area contributed by atoms with Gasteiger partial charge in [-0.2, -0.15) is 0 Å². The number of benzene rings is 1. The molecule has 1 aliphatic rings. The van der Waals surface area contributed by atoms with E-state index in [9.17, 15) is 0 Å². The second-order valence-electron chi connectivity index (χ2n) is 7.00. The fourth-order valence-corrected chi connectivity index (χ4v) is 3.17. The number of hydrogen-bond acceptors (Lipinski definition) is 5. The van der Waals surface area contributed by atoms with E-state index in [-0.39, 0.29) is 0 Å². The second-order valence-corrected chi connectivity index (χ2v) is 7.00. The highest BCUT2D eigenvalue weighted by Gasteiger charge is 2.20. The van der Waals surface area contributed by atoms with Gasteiger partial charge in [-0.25, -0.2) is 0 Å². The zero-order chi connectivity index (χ0) is 19.6. The van der Waals surface area contributed by atoms with Crippen molar-refractivity contribution in [1.29, 1.82) is 0 Å². The third-order valence-electron chi connectivity index (χ3n) is 4.74. The number of guanidine groups is 1. The second kappa shape index (κ2) is 10.7. The van der Waals surface area contributed by atoms with Gasteiger partial charge in [0.15, 0.2) is 5.96 Å². The van der Waals surface area contributed by atoms with Gasteiger partial charge in [-0.15, -0.1) is 0 Å². The Morgan fingerprint density at radius 3 is 2.64 bits per heavy atom. The van der Waals surface area contributed by atoms with Gasteiger partial charge < -0.3 is 19.5 Å². The highest BCUT2D eigenvalue weighted by atomic mass is 16.5. The lowest BCUT2D eigenvalue weighted by molar-refractivity contribution is 0.169. The minimum absolute atomic E-state index is 0.678. The smallest absolute Gasteiger partial charge is 0.194 e. The van der Waals surface area contributed by atoms with Crippen LogP contribution in [0.15, 0.2) is 46.1 Å². The first kappa shape index (κ1) is 20.2. The number of aryl methyl sites for hydroxylation is 1. The molecule has 7 heteroatoms. The minimum atomic E-state index is 0.678. The van der Waals surface area contributed by atoms with Gasteiger partial charge in [0.1, 0.15) is 12.0 Å². The summed E-state index contributed by atoms with van der Waals surface area (Å²) in [4.78, 5) is 9.52. The van der Waals surface area contributed by atoms with Crippen molar-refractivity contribution >= 4 is 5.96 Å². The number of rotatable bonds is 8. The molecule has 28 heavy (non-hydrogen) atoms. The van der Waals surface area contributed by atoms with Crippen molar-refractivity contribution in [2.45, 2.75) is 26.8 Å². The van der Waals surface area contributed by atoms with Gasteiger partial charge in [0.2, 0.25) is 0 Å². The molecule has 1 fully saturated rings. The number of nitrogens with zero attached hydrogens (tertiary/aromatic N) is 4. The first-order chi connectivity index (χ1) is 13.7. The third-order valence-corrected chi connectivity index (χ3v) is 4.74. The molecule has 0 aliphatic carbocycles. The topological polar surface area (TPSA) is 66.1 Å². The molecule has 0 bridgehead atoms. The standard InChI is InChI=1S/C21H31N5O2/c1-3-22-21(23-10-4-15-27-20-7-5-18(2)6-8-20)26-13-11-25(12-14-26)17-19-9-16-28-24-19/h5-9,16H,3-4,10-15,17H2,1-2H3,(H,22,23). The van der Waals surface area contributed by atoms with Gasteiger partial charge in [0.05, 0.1) is 12.3 Å². The lowest BCUT2D eigenvalue weighted by atomic mass is 10.2. The maximum atomic E-state index is 5.79. The molecule has 1 N–H and O–H groups in total. The molecule has 1 saturated heterocycles. The predicted molar refractivity (Wildman–Crippen MR) is 111 cm³/mol. The van der Waals surface area contributed by atoms with E-state index in [1.165, 1.54) is 5.56 Å². The first-order valence-corrected chi connectivity index (χ1v) is 10.1. The summed E-state index contributed by atoms with van der Waals surface area (Å²) < 4.78 is 10.7. The summed E-state index contributed by atoms with van der Waals surface area (Å²) >= 11 is 0. The Hall–Kier alpha value is -2.54. The molecule has 1 aromatic heterocycles. The van der Waals surface area contributed by atoms with Crippen LogP contribution < -0.4 is 10.1 Å². The fourth-order valence-electron chi connectivity index (χ4n) is 3.17. The molecule has 0 radical (unpaired) electrons. The number of piperazine rings is 1. The van der Waals surface area contributed by atoms with Crippen LogP contribution in [-0.2, 0) is 6.54 Å². The van der Waals surface area contributed by atoms with E-state index in [0.29, 0.717) is 6.61 Å². The summed E-state index contributed by atoms with van der Waals surface area (Å²) in [7, 11) is 0. The van der Waals surface area contributed by atoms with E-state index in [4.69, 9.17) is 14.3 Å². The Bertz CT molecular complexity index is 707. The molecular weight excluding hydrogens is 354 g/mol. The quantitative estimate of drug-likeness (QED) is 0.428. The molecule has 2 heterocycles. The molecule has 2 aromatic rings. The van der Waals surface area contributed by atoms with Crippen LogP contribution in [0.2, 0.25) is 0 Å². The van der Waals surface area contributed by atoms with Crippen molar-refractivity contribution < 1.29 is 9.26 Å². The SMILES string of the molecule is CCNC(=NCCCOc1ccc(C)cc1)N1CCN(Cc2ccon2)CC1. The van der Waals surface area contributed by atoms with Crippen molar-refractivity contribution in [2.75, 3.05) is 45.9 Å². The zero-order valence-electron chi connectivity index (χ0n) is 16.9. The zero-order valence-corrected chi connectivity index (χ0v) is 16.9. The van der Waals surface area contributed by atoms with E-state index >= 15 is 0 Å². The van der Waals surface area contributed by atoms with Crippen molar-refractivity contribution in [3.63, 3.8) is 0 Å². The largest absolute Gasteiger partial charge is 0.494 e. The number of aromatic nitrogens is 1. The lowest BCUT2D eigenvalue weighted by Crippen LogP contribution is -2.52. The van der Waals surface area contributed by atoms with Gasteiger partial charge in [-0.05, 0) is 26.0 Å². The van der Waals surface area contributed by atoms with E-state index in [2.05, 4.69) is 46.3 Å². The van der Waals surface area contributed by atoms with Crippen LogP contribution in [0.3, 0.4) is 0 Å². The number of nitrogens with one attached hydrogen (secondary N) is 1. The molecular formula is C21H31N5O2. The van der Waals surface area contributed by atoms with Crippen molar-refractivity contribution in [3.8, 4) is 5.75 Å². The van der Waals surface area contributed by atoms with E-state index in [1.54, 1.807) is 6.26 Å². The summed E-state index contributed by atoms with van der Waals surface area (Å²) in [6.07, 6.45) is 2.53. The van der Waals surface area contributed by atoms with E-state index in [0.717, 1.165) is 69.6 Å². The van der Waals surface area contributed by atoms with Crippen LogP contribution in [0.5, 0.6) is 5.75 Å². The maximum Gasteiger partial charge on any atom is 0.194 e. The number of ether oxygens (including phenoxy) is 1. The van der Waals surface area contributed by atoms with Crippen LogP contribution in [-0.4, -0.2) is 66.8 Å². The monoisotopic (exact) mass is 385 g/mol. The van der Waals surface area contributed by atoms with E-state index in [1.807, 2.05) is 18.2 Å². The summed E-state index contributed by atoms with van der Waals surface area (Å²) in [5.41, 5.74) is 2.23. The van der Waals surface area contributed by atoms with Crippen molar-refractivity contribution in [1.82, 2.24) is 20.3 Å². The van der Waals surface area contributed by atoms with Gasteiger partial charge >= 0.3 is 0 Å². The molecule has 7 nitrogen and oxygen atoms in total. The van der Waals surface area contributed by atoms with Crippen LogP contribution in [0.1, 0.15) is 24.6 Å². The summed E-state index contributed by atoms with van der Waals surface area (Å²) in [6.45, 7) is 11.2. The Balaban J connectivity index is 1.40. The molecule has 0 spiro atoms. The molecule has 1 aromatic carbocycles. The summed E-state index contributed by atoms with van der Waals surface area (Å²) in [5, 5.41) is 7.42. The van der Waals surface area contributed by atoms with Gasteiger partial charge in [0.25, 0.3) is 0 Å².